The molecular formula is C17H33Cl2N3O2. The van der Waals surface area contributed by atoms with Crippen molar-refractivity contribution in [3.63, 3.8) is 0 Å². The molecule has 3 unspecified atom stereocenters. The SMILES string of the molecule is CN(C)C1CCN(C(=O)C2(N)C3CCCOC3C2(C)C)CC1.Cl.Cl. The van der Waals surface area contributed by atoms with E-state index in [0.29, 0.717) is 6.04 Å². The van der Waals surface area contributed by atoms with Crippen LogP contribution < -0.4 is 5.73 Å². The monoisotopic (exact) mass is 381 g/mol. The molecule has 1 aliphatic carbocycles. The van der Waals surface area contributed by atoms with Crippen LogP contribution in [0, 0.1) is 11.3 Å². The van der Waals surface area contributed by atoms with Gasteiger partial charge in [0.15, 0.2) is 0 Å². The van der Waals surface area contributed by atoms with Gasteiger partial charge in [0.2, 0.25) is 5.91 Å². The summed E-state index contributed by atoms with van der Waals surface area (Å²) in [7, 11) is 4.23. The summed E-state index contributed by atoms with van der Waals surface area (Å²) in [5.74, 6) is 0.344. The van der Waals surface area contributed by atoms with Gasteiger partial charge in [0, 0.05) is 37.1 Å². The Bertz CT molecular complexity index is 453. The highest BCUT2D eigenvalue weighted by Gasteiger charge is 2.70. The molecule has 0 aromatic rings. The van der Waals surface area contributed by atoms with Crippen LogP contribution in [0.2, 0.25) is 0 Å². The minimum atomic E-state index is -0.747. The zero-order valence-electron chi connectivity index (χ0n) is 15.3. The molecule has 0 spiro atoms. The Morgan fingerprint density at radius 1 is 1.17 bits per heavy atom. The number of likely N-dealkylation sites (tertiary alicyclic amines) is 1. The van der Waals surface area contributed by atoms with E-state index in [0.717, 1.165) is 45.4 Å². The molecule has 2 saturated heterocycles. The lowest BCUT2D eigenvalue weighted by Crippen LogP contribution is -2.82. The van der Waals surface area contributed by atoms with Crippen molar-refractivity contribution in [2.75, 3.05) is 33.8 Å². The minimum absolute atomic E-state index is 0. The Morgan fingerprint density at radius 2 is 1.75 bits per heavy atom. The molecule has 1 amide bonds. The van der Waals surface area contributed by atoms with Crippen molar-refractivity contribution in [3.8, 4) is 0 Å². The molecule has 2 heterocycles. The van der Waals surface area contributed by atoms with Gasteiger partial charge in [0.1, 0.15) is 5.54 Å². The predicted octanol–water partition coefficient (Wildman–Crippen LogP) is 1.92. The number of carbonyl (C=O) groups excluding carboxylic acids is 1. The summed E-state index contributed by atoms with van der Waals surface area (Å²) in [6.45, 7) is 6.67. The van der Waals surface area contributed by atoms with Crippen LogP contribution >= 0.6 is 24.8 Å². The van der Waals surface area contributed by atoms with Gasteiger partial charge in [-0.2, -0.15) is 0 Å². The van der Waals surface area contributed by atoms with Gasteiger partial charge >= 0.3 is 0 Å². The third-order valence-electron chi connectivity index (χ3n) is 6.52. The molecule has 7 heteroatoms. The van der Waals surface area contributed by atoms with Crippen LogP contribution in [-0.2, 0) is 9.53 Å². The molecule has 1 saturated carbocycles. The molecule has 142 valence electrons. The number of amides is 1. The maximum atomic E-state index is 13.2. The maximum absolute atomic E-state index is 13.2. The minimum Gasteiger partial charge on any atom is -0.377 e. The van der Waals surface area contributed by atoms with Gasteiger partial charge in [-0.15, -0.1) is 24.8 Å². The van der Waals surface area contributed by atoms with Gasteiger partial charge in [0.05, 0.1) is 6.10 Å². The number of carbonyl (C=O) groups is 1. The van der Waals surface area contributed by atoms with Crippen LogP contribution in [0.25, 0.3) is 0 Å². The normalized spacial score (nSPS) is 35.3. The first-order valence-corrected chi connectivity index (χ1v) is 8.66. The van der Waals surface area contributed by atoms with Gasteiger partial charge < -0.3 is 20.3 Å². The quantitative estimate of drug-likeness (QED) is 0.793. The summed E-state index contributed by atoms with van der Waals surface area (Å²) in [4.78, 5) is 17.4. The van der Waals surface area contributed by atoms with E-state index in [1.807, 2.05) is 4.90 Å². The second kappa shape index (κ2) is 7.67. The Kier molecular flexibility index (Phi) is 7.02. The van der Waals surface area contributed by atoms with Crippen molar-refractivity contribution in [2.45, 2.75) is 57.2 Å². The highest BCUT2D eigenvalue weighted by atomic mass is 35.5. The predicted molar refractivity (Wildman–Crippen MR) is 101 cm³/mol. The highest BCUT2D eigenvalue weighted by Crippen LogP contribution is 2.58. The zero-order chi connectivity index (χ0) is 16.1. The topological polar surface area (TPSA) is 58.8 Å². The van der Waals surface area contributed by atoms with Gasteiger partial charge in [-0.1, -0.05) is 13.8 Å². The number of ether oxygens (including phenoxy) is 1. The first kappa shape index (κ1) is 22.0. The van der Waals surface area contributed by atoms with E-state index in [1.54, 1.807) is 0 Å². The molecule has 0 aromatic heterocycles. The third-order valence-corrected chi connectivity index (χ3v) is 6.52. The van der Waals surface area contributed by atoms with Crippen LogP contribution in [-0.4, -0.2) is 67.2 Å². The van der Waals surface area contributed by atoms with Crippen LogP contribution in [0.3, 0.4) is 0 Å². The van der Waals surface area contributed by atoms with Crippen molar-refractivity contribution in [1.82, 2.24) is 9.80 Å². The number of hydrogen-bond acceptors (Lipinski definition) is 4. The fourth-order valence-electron chi connectivity index (χ4n) is 4.86. The van der Waals surface area contributed by atoms with Gasteiger partial charge in [-0.3, -0.25) is 4.79 Å². The Morgan fingerprint density at radius 3 is 2.29 bits per heavy atom. The summed E-state index contributed by atoms with van der Waals surface area (Å²) in [6, 6.07) is 0.581. The van der Waals surface area contributed by atoms with Gasteiger partial charge in [0.25, 0.3) is 0 Å². The Hall–Kier alpha value is -0.0700. The summed E-state index contributed by atoms with van der Waals surface area (Å²) >= 11 is 0. The average Bonchev–Trinajstić information content (AvgIpc) is 2.53. The van der Waals surface area contributed by atoms with Crippen molar-refractivity contribution >= 4 is 30.7 Å². The van der Waals surface area contributed by atoms with Crippen LogP contribution in [0.15, 0.2) is 0 Å². The van der Waals surface area contributed by atoms with Crippen LogP contribution in [0.5, 0.6) is 0 Å². The lowest BCUT2D eigenvalue weighted by Gasteiger charge is -2.66. The molecule has 0 aromatic carbocycles. The van der Waals surface area contributed by atoms with E-state index in [1.165, 1.54) is 0 Å². The van der Waals surface area contributed by atoms with Gasteiger partial charge in [-0.25, -0.2) is 0 Å². The van der Waals surface area contributed by atoms with E-state index < -0.39 is 5.54 Å². The van der Waals surface area contributed by atoms with Gasteiger partial charge in [-0.05, 0) is 39.8 Å². The Balaban J connectivity index is 0.00000144. The molecular weight excluding hydrogens is 349 g/mol. The fraction of sp³-hybridized carbons (Fsp3) is 0.941. The summed E-state index contributed by atoms with van der Waals surface area (Å²) in [5, 5.41) is 0. The lowest BCUT2D eigenvalue weighted by atomic mass is 9.46. The first-order chi connectivity index (χ1) is 10.3. The molecule has 5 nitrogen and oxygen atoms in total. The summed E-state index contributed by atoms with van der Waals surface area (Å²) < 4.78 is 5.92. The van der Waals surface area contributed by atoms with E-state index in [9.17, 15) is 4.79 Å². The molecule has 3 atom stereocenters. The molecule has 24 heavy (non-hydrogen) atoms. The standard InChI is InChI=1S/C17H31N3O2.2ClH/c1-16(2)14-13(6-5-11-22-14)17(16,18)15(21)20-9-7-12(8-10-20)19(3)4;;/h12-14H,5-11,18H2,1-4H3;2*1H. The maximum Gasteiger partial charge on any atom is 0.243 e. The summed E-state index contributed by atoms with van der Waals surface area (Å²) in [5.41, 5.74) is 5.71. The third kappa shape index (κ3) is 3.07. The number of piperidine rings is 1. The molecule has 3 aliphatic rings. The van der Waals surface area contributed by atoms with E-state index in [2.05, 4.69) is 32.8 Å². The van der Waals surface area contributed by atoms with Crippen molar-refractivity contribution < 1.29 is 9.53 Å². The second-order valence-electron chi connectivity index (χ2n) is 8.12. The summed E-state index contributed by atoms with van der Waals surface area (Å²) in [6.07, 6.45) is 4.27. The fourth-order valence-corrected chi connectivity index (χ4v) is 4.86. The van der Waals surface area contributed by atoms with E-state index >= 15 is 0 Å². The van der Waals surface area contributed by atoms with Crippen LogP contribution in [0.1, 0.15) is 39.5 Å². The molecule has 2 N–H and O–H groups in total. The number of nitrogens with zero attached hydrogens (tertiary/aromatic N) is 2. The van der Waals surface area contributed by atoms with E-state index in [4.69, 9.17) is 10.5 Å². The molecule has 0 bridgehead atoms. The highest BCUT2D eigenvalue weighted by molar-refractivity contribution is 5.89. The molecule has 3 rings (SSSR count). The molecule has 0 radical (unpaired) electrons. The van der Waals surface area contributed by atoms with Crippen LogP contribution in [0.4, 0.5) is 0 Å². The van der Waals surface area contributed by atoms with Crippen molar-refractivity contribution in [1.29, 1.82) is 0 Å². The second-order valence-corrected chi connectivity index (χ2v) is 8.12. The average molecular weight is 382 g/mol. The van der Waals surface area contributed by atoms with E-state index in [-0.39, 0.29) is 48.2 Å². The number of nitrogens with two attached hydrogens (primary N) is 1. The molecule has 2 aliphatic heterocycles. The molecule has 3 fully saturated rings. The zero-order valence-corrected chi connectivity index (χ0v) is 16.9. The lowest BCUT2D eigenvalue weighted by molar-refractivity contribution is -0.230. The number of fused-ring (bicyclic) bond motifs is 1. The Labute approximate surface area is 158 Å². The smallest absolute Gasteiger partial charge is 0.243 e. The van der Waals surface area contributed by atoms with Crippen molar-refractivity contribution in [2.24, 2.45) is 17.1 Å². The number of hydrogen-bond donors (Lipinski definition) is 1. The van der Waals surface area contributed by atoms with Crippen molar-refractivity contribution in [3.05, 3.63) is 0 Å². The largest absolute Gasteiger partial charge is 0.377 e. The number of halogens is 2. The number of rotatable bonds is 2. The first-order valence-electron chi connectivity index (χ1n) is 8.66.